The SMILES string of the molecule is [O-][S+]1C[CH]CS1. The molecule has 1 unspecified atom stereocenters. The number of hydrogen-bond acceptors (Lipinski definition) is 2. The quantitative estimate of drug-likeness (QED) is 0.346. The van der Waals surface area contributed by atoms with Crippen LogP contribution in [0, 0.1) is 6.42 Å². The molecule has 1 heterocycles. The van der Waals surface area contributed by atoms with E-state index in [1.807, 2.05) is 6.42 Å². The van der Waals surface area contributed by atoms with Crippen LogP contribution in [0.25, 0.3) is 0 Å². The van der Waals surface area contributed by atoms with Gasteiger partial charge in [-0.05, 0) is 0 Å². The highest BCUT2D eigenvalue weighted by molar-refractivity contribution is 8.72. The van der Waals surface area contributed by atoms with E-state index in [2.05, 4.69) is 0 Å². The lowest BCUT2D eigenvalue weighted by atomic mass is 10.6. The van der Waals surface area contributed by atoms with Gasteiger partial charge in [-0.25, -0.2) is 0 Å². The maximum Gasteiger partial charge on any atom is 0.122 e. The summed E-state index contributed by atoms with van der Waals surface area (Å²) in [5.41, 5.74) is 0. The largest absolute Gasteiger partial charge is 0.605 e. The van der Waals surface area contributed by atoms with Crippen molar-refractivity contribution in [3.8, 4) is 0 Å². The Morgan fingerprint density at radius 1 is 1.83 bits per heavy atom. The Labute approximate surface area is 44.1 Å². The van der Waals surface area contributed by atoms with E-state index in [-0.39, 0.29) is 0 Å². The summed E-state index contributed by atoms with van der Waals surface area (Å²) in [7, 11) is 0.952. The van der Waals surface area contributed by atoms with Gasteiger partial charge in [0.2, 0.25) is 0 Å². The average molecular weight is 121 g/mol. The molecule has 35 valence electrons. The van der Waals surface area contributed by atoms with E-state index in [9.17, 15) is 4.55 Å². The molecule has 0 spiro atoms. The minimum absolute atomic E-state index is 0.562. The van der Waals surface area contributed by atoms with E-state index in [0.717, 1.165) is 11.5 Å². The Kier molecular flexibility index (Phi) is 1.68. The van der Waals surface area contributed by atoms with Gasteiger partial charge in [0.05, 0.1) is 16.5 Å². The fourth-order valence-corrected chi connectivity index (χ4v) is 2.56. The maximum atomic E-state index is 10.3. The minimum atomic E-state index is -0.562. The number of rotatable bonds is 0. The molecule has 1 saturated heterocycles. The highest BCUT2D eigenvalue weighted by atomic mass is 33.1. The second-order valence-electron chi connectivity index (χ2n) is 1.04. The molecule has 1 fully saturated rings. The molecule has 0 saturated carbocycles. The summed E-state index contributed by atoms with van der Waals surface area (Å²) in [6, 6.07) is 0. The van der Waals surface area contributed by atoms with Gasteiger partial charge in [-0.15, -0.1) is 0 Å². The Bertz CT molecular complexity index is 42.1. The molecular formula is C3H5OS2. The van der Waals surface area contributed by atoms with Gasteiger partial charge in [-0.1, -0.05) is 0 Å². The first kappa shape index (κ1) is 4.81. The van der Waals surface area contributed by atoms with Crippen molar-refractivity contribution in [3.63, 3.8) is 0 Å². The molecule has 0 bridgehead atoms. The molecule has 0 aromatic heterocycles. The average Bonchev–Trinajstić information content (AvgIpc) is 1.86. The molecule has 1 rings (SSSR count). The fourth-order valence-electron chi connectivity index (χ4n) is 0.316. The van der Waals surface area contributed by atoms with Crippen LogP contribution in [0.4, 0.5) is 0 Å². The molecule has 0 aliphatic carbocycles. The molecule has 1 aliphatic rings. The van der Waals surface area contributed by atoms with Crippen LogP contribution in [-0.4, -0.2) is 16.1 Å². The molecule has 0 N–H and O–H groups in total. The van der Waals surface area contributed by atoms with Crippen molar-refractivity contribution in [2.24, 2.45) is 0 Å². The van der Waals surface area contributed by atoms with Crippen LogP contribution in [0.5, 0.6) is 0 Å². The zero-order valence-corrected chi connectivity index (χ0v) is 4.85. The number of hydrogen-bond donors (Lipinski definition) is 0. The van der Waals surface area contributed by atoms with Crippen LogP contribution in [0.1, 0.15) is 0 Å². The van der Waals surface area contributed by atoms with Crippen LogP contribution >= 0.6 is 10.8 Å². The highest BCUT2D eigenvalue weighted by Gasteiger charge is 2.15. The first-order valence-corrected chi connectivity index (χ1v) is 4.55. The maximum absolute atomic E-state index is 10.3. The molecule has 6 heavy (non-hydrogen) atoms. The van der Waals surface area contributed by atoms with Crippen molar-refractivity contribution in [3.05, 3.63) is 6.42 Å². The van der Waals surface area contributed by atoms with E-state index in [4.69, 9.17) is 0 Å². The second-order valence-corrected chi connectivity index (χ2v) is 4.38. The predicted octanol–water partition coefficient (Wildman–Crippen LogP) is 0.601. The molecule has 1 nitrogen and oxygen atoms in total. The molecular weight excluding hydrogens is 116 g/mol. The highest BCUT2D eigenvalue weighted by Crippen LogP contribution is 2.21. The van der Waals surface area contributed by atoms with Crippen molar-refractivity contribution in [2.75, 3.05) is 11.5 Å². The Balaban J connectivity index is 2.18. The third kappa shape index (κ3) is 1.06. The van der Waals surface area contributed by atoms with Gasteiger partial charge in [-0.3, -0.25) is 0 Å². The summed E-state index contributed by atoms with van der Waals surface area (Å²) in [5.74, 6) is 1.78. The molecule has 0 aromatic carbocycles. The topological polar surface area (TPSA) is 23.1 Å². The Morgan fingerprint density at radius 2 is 2.67 bits per heavy atom. The first-order chi connectivity index (χ1) is 2.89. The molecule has 0 aromatic rings. The predicted molar refractivity (Wildman–Crippen MR) is 29.8 cm³/mol. The molecule has 1 aliphatic heterocycles. The van der Waals surface area contributed by atoms with Crippen molar-refractivity contribution in [2.45, 2.75) is 0 Å². The van der Waals surface area contributed by atoms with Crippen molar-refractivity contribution in [1.29, 1.82) is 0 Å². The summed E-state index contributed by atoms with van der Waals surface area (Å²) in [6.07, 6.45) is 2.04. The molecule has 3 heteroatoms. The van der Waals surface area contributed by atoms with Gasteiger partial charge in [0.25, 0.3) is 0 Å². The van der Waals surface area contributed by atoms with Crippen LogP contribution in [0.15, 0.2) is 0 Å². The van der Waals surface area contributed by atoms with Crippen LogP contribution < -0.4 is 0 Å². The first-order valence-electron chi connectivity index (χ1n) is 1.73. The zero-order chi connectivity index (χ0) is 4.41. The van der Waals surface area contributed by atoms with E-state index in [0.29, 0.717) is 0 Å². The molecule has 1 radical (unpaired) electrons. The third-order valence-electron chi connectivity index (χ3n) is 0.571. The van der Waals surface area contributed by atoms with E-state index in [1.54, 1.807) is 0 Å². The third-order valence-corrected chi connectivity index (χ3v) is 3.32. The van der Waals surface area contributed by atoms with Gasteiger partial charge in [0.1, 0.15) is 5.75 Å². The fraction of sp³-hybridized carbons (Fsp3) is 0.667. The van der Waals surface area contributed by atoms with Crippen molar-refractivity contribution >= 4 is 21.0 Å². The lowest BCUT2D eigenvalue weighted by Crippen LogP contribution is -1.89. The summed E-state index contributed by atoms with van der Waals surface area (Å²) in [6.45, 7) is 0. The summed E-state index contributed by atoms with van der Waals surface area (Å²) in [5, 5.41) is 0. The van der Waals surface area contributed by atoms with Gasteiger partial charge < -0.3 is 4.55 Å². The van der Waals surface area contributed by atoms with Crippen molar-refractivity contribution in [1.82, 2.24) is 0 Å². The smallest absolute Gasteiger partial charge is 0.122 e. The normalized spacial score (nSPS) is 34.5. The van der Waals surface area contributed by atoms with Gasteiger partial charge >= 0.3 is 0 Å². The summed E-state index contributed by atoms with van der Waals surface area (Å²) in [4.78, 5) is 0. The van der Waals surface area contributed by atoms with Crippen LogP contribution in [0.3, 0.4) is 0 Å². The van der Waals surface area contributed by atoms with Gasteiger partial charge in [-0.2, -0.15) is 0 Å². The Morgan fingerprint density at radius 3 is 2.83 bits per heavy atom. The standard InChI is InChI=1S/C3H5OS2/c4-6-3-1-2-5-6/h1H,2-3H2. The lowest BCUT2D eigenvalue weighted by Gasteiger charge is -1.92. The van der Waals surface area contributed by atoms with Gasteiger partial charge in [0.15, 0.2) is 0 Å². The second kappa shape index (κ2) is 2.09. The lowest BCUT2D eigenvalue weighted by molar-refractivity contribution is 0.612. The molecule has 1 atom stereocenters. The molecule has 0 amide bonds. The zero-order valence-electron chi connectivity index (χ0n) is 3.22. The van der Waals surface area contributed by atoms with E-state index in [1.165, 1.54) is 10.8 Å². The van der Waals surface area contributed by atoms with Crippen LogP contribution in [0.2, 0.25) is 0 Å². The van der Waals surface area contributed by atoms with E-state index >= 15 is 0 Å². The Hall–Kier alpha value is 0.660. The minimum Gasteiger partial charge on any atom is -0.605 e. The van der Waals surface area contributed by atoms with E-state index < -0.39 is 10.2 Å². The summed E-state index contributed by atoms with van der Waals surface area (Å²) >= 11 is 0. The van der Waals surface area contributed by atoms with Gasteiger partial charge in [0, 0.05) is 16.6 Å². The monoisotopic (exact) mass is 121 g/mol. The van der Waals surface area contributed by atoms with Crippen molar-refractivity contribution < 1.29 is 4.55 Å². The van der Waals surface area contributed by atoms with Crippen LogP contribution in [-0.2, 0) is 10.2 Å². The summed E-state index contributed by atoms with van der Waals surface area (Å²) < 4.78 is 10.3.